The van der Waals surface area contributed by atoms with Crippen LogP contribution in [0.1, 0.15) is 24.0 Å². The second-order valence-corrected chi connectivity index (χ2v) is 4.31. The Morgan fingerprint density at radius 3 is 2.89 bits per heavy atom. The van der Waals surface area contributed by atoms with Crippen LogP contribution in [0.25, 0.3) is 0 Å². The van der Waals surface area contributed by atoms with Crippen molar-refractivity contribution in [3.05, 3.63) is 29.3 Å². The Morgan fingerprint density at radius 1 is 1.44 bits per heavy atom. The van der Waals surface area contributed by atoms with Gasteiger partial charge in [-0.25, -0.2) is 0 Å². The largest absolute Gasteiger partial charge is 0.496 e. The van der Waals surface area contributed by atoms with E-state index in [1.165, 1.54) is 5.56 Å². The molecule has 4 nitrogen and oxygen atoms in total. The lowest BCUT2D eigenvalue weighted by molar-refractivity contribution is -0.121. The zero-order valence-corrected chi connectivity index (χ0v) is 11.2. The number of nitrogens with two attached hydrogens (primary N) is 1. The van der Waals surface area contributed by atoms with Crippen LogP contribution in [-0.4, -0.2) is 26.1 Å². The van der Waals surface area contributed by atoms with Gasteiger partial charge in [0.2, 0.25) is 5.91 Å². The minimum absolute atomic E-state index is 0.0621. The molecule has 0 bridgehead atoms. The first-order valence-corrected chi connectivity index (χ1v) is 6.27. The van der Waals surface area contributed by atoms with Crippen LogP contribution in [-0.2, 0) is 11.2 Å². The van der Waals surface area contributed by atoms with Gasteiger partial charge in [-0.3, -0.25) is 4.79 Å². The smallest absolute Gasteiger partial charge is 0.220 e. The van der Waals surface area contributed by atoms with Crippen molar-refractivity contribution in [2.45, 2.75) is 26.2 Å². The first kappa shape index (κ1) is 14.5. The number of hydrogen-bond acceptors (Lipinski definition) is 3. The summed E-state index contributed by atoms with van der Waals surface area (Å²) in [5, 5.41) is 2.89. The van der Waals surface area contributed by atoms with Crippen molar-refractivity contribution in [3.8, 4) is 5.75 Å². The molecule has 0 aliphatic heterocycles. The van der Waals surface area contributed by atoms with Gasteiger partial charge in [-0.2, -0.15) is 0 Å². The predicted octanol–water partition coefficient (Wildman–Crippen LogP) is 1.40. The summed E-state index contributed by atoms with van der Waals surface area (Å²) >= 11 is 0. The van der Waals surface area contributed by atoms with Crippen molar-refractivity contribution in [2.75, 3.05) is 20.2 Å². The van der Waals surface area contributed by atoms with Gasteiger partial charge in [0, 0.05) is 13.0 Å². The number of carbonyl (C=O) groups excluding carboxylic acids is 1. The topological polar surface area (TPSA) is 64.3 Å². The summed E-state index contributed by atoms with van der Waals surface area (Å²) < 4.78 is 5.29. The molecule has 0 unspecified atom stereocenters. The standard InChI is InChI=1S/C14H22N2O2/c1-11-5-6-13(18-2)12(10-11)7-9-16-14(17)4-3-8-15/h5-6,10H,3-4,7-9,15H2,1-2H3,(H,16,17). The highest BCUT2D eigenvalue weighted by Gasteiger charge is 2.04. The second-order valence-electron chi connectivity index (χ2n) is 4.31. The van der Waals surface area contributed by atoms with E-state index in [2.05, 4.69) is 11.4 Å². The van der Waals surface area contributed by atoms with Crippen LogP contribution in [0, 0.1) is 6.92 Å². The molecule has 0 aliphatic rings. The summed E-state index contributed by atoms with van der Waals surface area (Å²) in [7, 11) is 1.66. The minimum atomic E-state index is 0.0621. The highest BCUT2D eigenvalue weighted by Crippen LogP contribution is 2.19. The average Bonchev–Trinajstić information content (AvgIpc) is 2.36. The zero-order chi connectivity index (χ0) is 13.4. The third-order valence-electron chi connectivity index (χ3n) is 2.76. The molecule has 0 spiro atoms. The van der Waals surface area contributed by atoms with Crippen molar-refractivity contribution >= 4 is 5.91 Å². The van der Waals surface area contributed by atoms with Gasteiger partial charge in [0.25, 0.3) is 0 Å². The fourth-order valence-corrected chi connectivity index (χ4v) is 1.79. The van der Waals surface area contributed by atoms with Gasteiger partial charge >= 0.3 is 0 Å². The number of amides is 1. The maximum atomic E-state index is 11.4. The van der Waals surface area contributed by atoms with E-state index in [1.807, 2.05) is 19.1 Å². The molecule has 0 heterocycles. The number of rotatable bonds is 7. The van der Waals surface area contributed by atoms with Crippen LogP contribution >= 0.6 is 0 Å². The lowest BCUT2D eigenvalue weighted by Gasteiger charge is -2.10. The van der Waals surface area contributed by atoms with Crippen LogP contribution in [0.2, 0.25) is 0 Å². The molecule has 1 amide bonds. The molecule has 3 N–H and O–H groups in total. The van der Waals surface area contributed by atoms with Gasteiger partial charge in [-0.05, 0) is 37.9 Å². The van der Waals surface area contributed by atoms with E-state index < -0.39 is 0 Å². The van der Waals surface area contributed by atoms with E-state index in [4.69, 9.17) is 10.5 Å². The van der Waals surface area contributed by atoms with Gasteiger partial charge in [0.1, 0.15) is 5.75 Å². The molecule has 0 aromatic heterocycles. The minimum Gasteiger partial charge on any atom is -0.496 e. The second kappa shape index (κ2) is 7.71. The number of aryl methyl sites for hydroxylation is 1. The predicted molar refractivity (Wildman–Crippen MR) is 72.7 cm³/mol. The van der Waals surface area contributed by atoms with E-state index in [0.717, 1.165) is 24.2 Å². The van der Waals surface area contributed by atoms with Crippen molar-refractivity contribution in [3.63, 3.8) is 0 Å². The lowest BCUT2D eigenvalue weighted by atomic mass is 10.1. The van der Waals surface area contributed by atoms with Crippen LogP contribution in [0.5, 0.6) is 5.75 Å². The number of nitrogens with one attached hydrogen (secondary N) is 1. The molecule has 18 heavy (non-hydrogen) atoms. The summed E-state index contributed by atoms with van der Waals surface area (Å²) in [6, 6.07) is 6.06. The molecule has 1 aromatic carbocycles. The first-order valence-electron chi connectivity index (χ1n) is 6.27. The fourth-order valence-electron chi connectivity index (χ4n) is 1.79. The van der Waals surface area contributed by atoms with Crippen LogP contribution in [0.3, 0.4) is 0 Å². The Labute approximate surface area is 109 Å². The monoisotopic (exact) mass is 250 g/mol. The molecule has 0 atom stereocenters. The Balaban J connectivity index is 2.43. The number of benzene rings is 1. The molecule has 0 aliphatic carbocycles. The lowest BCUT2D eigenvalue weighted by Crippen LogP contribution is -2.26. The Bertz CT molecular complexity index is 391. The maximum Gasteiger partial charge on any atom is 0.220 e. The third kappa shape index (κ3) is 4.75. The van der Waals surface area contributed by atoms with Gasteiger partial charge < -0.3 is 15.8 Å². The van der Waals surface area contributed by atoms with Crippen molar-refractivity contribution in [1.82, 2.24) is 5.32 Å². The molecule has 100 valence electrons. The summed E-state index contributed by atoms with van der Waals surface area (Å²) in [5.41, 5.74) is 7.67. The highest BCUT2D eigenvalue weighted by molar-refractivity contribution is 5.75. The Morgan fingerprint density at radius 2 is 2.22 bits per heavy atom. The third-order valence-corrected chi connectivity index (χ3v) is 2.76. The Hall–Kier alpha value is -1.55. The summed E-state index contributed by atoms with van der Waals surface area (Å²) in [5.74, 6) is 0.934. The van der Waals surface area contributed by atoms with E-state index in [9.17, 15) is 4.79 Å². The van der Waals surface area contributed by atoms with Gasteiger partial charge in [-0.1, -0.05) is 17.7 Å². The molecule has 0 saturated heterocycles. The van der Waals surface area contributed by atoms with Crippen LogP contribution < -0.4 is 15.8 Å². The molecule has 0 radical (unpaired) electrons. The number of methoxy groups -OCH3 is 1. The fraction of sp³-hybridized carbons (Fsp3) is 0.500. The molecular weight excluding hydrogens is 228 g/mol. The molecule has 1 aromatic rings. The quantitative estimate of drug-likeness (QED) is 0.769. The molecular formula is C14H22N2O2. The van der Waals surface area contributed by atoms with Crippen molar-refractivity contribution in [1.29, 1.82) is 0 Å². The van der Waals surface area contributed by atoms with Crippen molar-refractivity contribution in [2.24, 2.45) is 5.73 Å². The Kier molecular flexibility index (Phi) is 6.22. The van der Waals surface area contributed by atoms with E-state index in [1.54, 1.807) is 7.11 Å². The van der Waals surface area contributed by atoms with E-state index >= 15 is 0 Å². The SMILES string of the molecule is COc1ccc(C)cc1CCNC(=O)CCCN. The summed E-state index contributed by atoms with van der Waals surface area (Å²) in [6.07, 6.45) is 2.01. The number of carbonyl (C=O) groups is 1. The number of ether oxygens (including phenoxy) is 1. The average molecular weight is 250 g/mol. The van der Waals surface area contributed by atoms with E-state index in [0.29, 0.717) is 19.5 Å². The summed E-state index contributed by atoms with van der Waals surface area (Å²) in [6.45, 7) is 3.23. The maximum absolute atomic E-state index is 11.4. The number of hydrogen-bond donors (Lipinski definition) is 2. The zero-order valence-electron chi connectivity index (χ0n) is 11.2. The first-order chi connectivity index (χ1) is 8.67. The molecule has 0 saturated carbocycles. The van der Waals surface area contributed by atoms with Crippen molar-refractivity contribution < 1.29 is 9.53 Å². The van der Waals surface area contributed by atoms with Gasteiger partial charge in [0.05, 0.1) is 7.11 Å². The molecule has 1 rings (SSSR count). The van der Waals surface area contributed by atoms with Crippen LogP contribution in [0.15, 0.2) is 18.2 Å². The highest BCUT2D eigenvalue weighted by atomic mass is 16.5. The van der Waals surface area contributed by atoms with Crippen LogP contribution in [0.4, 0.5) is 0 Å². The molecule has 0 fully saturated rings. The molecule has 4 heteroatoms. The summed E-state index contributed by atoms with van der Waals surface area (Å²) in [4.78, 5) is 11.4. The van der Waals surface area contributed by atoms with E-state index in [-0.39, 0.29) is 5.91 Å². The van der Waals surface area contributed by atoms with Gasteiger partial charge in [-0.15, -0.1) is 0 Å². The van der Waals surface area contributed by atoms with Gasteiger partial charge in [0.15, 0.2) is 0 Å². The normalized spacial score (nSPS) is 10.2.